The van der Waals surface area contributed by atoms with Gasteiger partial charge in [-0.15, -0.1) is 22.7 Å². The predicted molar refractivity (Wildman–Crippen MR) is 115 cm³/mol. The quantitative estimate of drug-likeness (QED) is 0.504. The Balaban J connectivity index is 1.63. The molecule has 0 fully saturated rings. The zero-order valence-electron chi connectivity index (χ0n) is 15.5. The van der Waals surface area contributed by atoms with Crippen LogP contribution in [0.5, 0.6) is 0 Å². The largest absolute Gasteiger partial charge is 0.309 e. The lowest BCUT2D eigenvalue weighted by Crippen LogP contribution is -2.25. The molecule has 1 atom stereocenters. The second-order valence-corrected chi connectivity index (χ2v) is 8.64. The number of fused-ring (bicyclic) bond motifs is 1. The molecule has 0 unspecified atom stereocenters. The highest BCUT2D eigenvalue weighted by Gasteiger charge is 2.19. The molecule has 27 heavy (non-hydrogen) atoms. The molecule has 1 aromatic carbocycles. The number of nitrogens with zero attached hydrogens (tertiary/aromatic N) is 2. The monoisotopic (exact) mass is 395 g/mol. The first-order chi connectivity index (χ1) is 13.0. The summed E-state index contributed by atoms with van der Waals surface area (Å²) in [6.07, 6.45) is 0. The fraction of sp³-hybridized carbons (Fsp3) is 0.238. The highest BCUT2D eigenvalue weighted by molar-refractivity contribution is 7.18. The summed E-state index contributed by atoms with van der Waals surface area (Å²) in [6.45, 7) is 4.96. The van der Waals surface area contributed by atoms with Crippen LogP contribution in [0.1, 0.15) is 29.9 Å². The maximum absolute atomic E-state index is 12.8. The number of hydrogen-bond acceptors (Lipinski definition) is 5. The van der Waals surface area contributed by atoms with Crippen molar-refractivity contribution in [3.8, 4) is 10.4 Å². The van der Waals surface area contributed by atoms with Gasteiger partial charge in [-0.05, 0) is 37.9 Å². The minimum absolute atomic E-state index is 0.00990. The fourth-order valence-electron chi connectivity index (χ4n) is 3.10. The lowest BCUT2D eigenvalue weighted by molar-refractivity contribution is 0.244. The van der Waals surface area contributed by atoms with Crippen molar-refractivity contribution >= 4 is 32.9 Å². The van der Waals surface area contributed by atoms with E-state index in [9.17, 15) is 4.79 Å². The highest BCUT2D eigenvalue weighted by atomic mass is 32.1. The number of hydrogen-bond donors (Lipinski definition) is 1. The molecule has 138 valence electrons. The van der Waals surface area contributed by atoms with Gasteiger partial charge in [-0.3, -0.25) is 9.69 Å². The first kappa shape index (κ1) is 18.1. The van der Waals surface area contributed by atoms with Gasteiger partial charge >= 0.3 is 0 Å². The van der Waals surface area contributed by atoms with Crippen LogP contribution in [0, 0.1) is 6.92 Å². The Morgan fingerprint density at radius 1 is 1.19 bits per heavy atom. The topological polar surface area (TPSA) is 49.0 Å². The van der Waals surface area contributed by atoms with Gasteiger partial charge in [-0.25, -0.2) is 4.98 Å². The van der Waals surface area contributed by atoms with E-state index in [0.717, 1.165) is 21.8 Å². The Bertz CT molecular complexity index is 1110. The van der Waals surface area contributed by atoms with Gasteiger partial charge in [-0.2, -0.15) is 0 Å². The molecule has 0 radical (unpaired) electrons. The molecule has 4 nitrogen and oxygen atoms in total. The maximum atomic E-state index is 12.8. The Kier molecular flexibility index (Phi) is 4.95. The van der Waals surface area contributed by atoms with Crippen LogP contribution in [0.25, 0.3) is 20.7 Å². The van der Waals surface area contributed by atoms with Crippen molar-refractivity contribution in [1.82, 2.24) is 14.9 Å². The van der Waals surface area contributed by atoms with Crippen LogP contribution in [0.2, 0.25) is 0 Å². The highest BCUT2D eigenvalue weighted by Crippen LogP contribution is 2.34. The fourth-order valence-corrected chi connectivity index (χ4v) is 4.87. The molecule has 6 heteroatoms. The molecule has 0 aliphatic rings. The molecular formula is C21H21N3OS2. The average Bonchev–Trinajstić information content (AvgIpc) is 3.32. The minimum Gasteiger partial charge on any atom is -0.309 e. The predicted octanol–water partition coefficient (Wildman–Crippen LogP) is 5.21. The van der Waals surface area contributed by atoms with Crippen LogP contribution in [-0.2, 0) is 6.54 Å². The van der Waals surface area contributed by atoms with Crippen molar-refractivity contribution in [3.05, 3.63) is 74.5 Å². The number of aryl methyl sites for hydroxylation is 1. The van der Waals surface area contributed by atoms with Crippen molar-refractivity contribution in [1.29, 1.82) is 0 Å². The third-order valence-corrected chi connectivity index (χ3v) is 6.63. The van der Waals surface area contributed by atoms with E-state index in [1.54, 1.807) is 11.3 Å². The van der Waals surface area contributed by atoms with Gasteiger partial charge in [0.15, 0.2) is 0 Å². The standard InChI is InChI=1S/C21H21N3OS2/c1-13-6-8-15(9-7-13)11-24(3)14(2)19-22-20(25)18-16(12-27-21(18)23-19)17-5-4-10-26-17/h4-10,12,14H,11H2,1-3H3,(H,22,23,25)/t14-/m0/s1. The molecule has 3 heterocycles. The Morgan fingerprint density at radius 3 is 2.67 bits per heavy atom. The van der Waals surface area contributed by atoms with Crippen molar-refractivity contribution in [2.24, 2.45) is 0 Å². The number of aromatic amines is 1. The van der Waals surface area contributed by atoms with E-state index in [-0.39, 0.29) is 11.6 Å². The van der Waals surface area contributed by atoms with Crippen molar-refractivity contribution in [2.75, 3.05) is 7.05 Å². The molecule has 3 aromatic heterocycles. The van der Waals surface area contributed by atoms with E-state index in [1.807, 2.05) is 22.9 Å². The second kappa shape index (κ2) is 7.38. The van der Waals surface area contributed by atoms with Gasteiger partial charge in [0.25, 0.3) is 5.56 Å². The molecule has 0 spiro atoms. The zero-order chi connectivity index (χ0) is 19.0. The van der Waals surface area contributed by atoms with Crippen LogP contribution in [0.4, 0.5) is 0 Å². The molecule has 4 aromatic rings. The summed E-state index contributed by atoms with van der Waals surface area (Å²) in [6, 6.07) is 12.6. The Labute approximate surface area is 166 Å². The van der Waals surface area contributed by atoms with E-state index in [1.165, 1.54) is 22.5 Å². The minimum atomic E-state index is -0.0600. The average molecular weight is 396 g/mol. The number of H-pyrrole nitrogens is 1. The van der Waals surface area contributed by atoms with Gasteiger partial charge in [0.1, 0.15) is 10.7 Å². The molecule has 0 saturated heterocycles. The Hall–Kier alpha value is -2.28. The number of aromatic nitrogens is 2. The van der Waals surface area contributed by atoms with Crippen LogP contribution < -0.4 is 5.56 Å². The lowest BCUT2D eigenvalue weighted by Gasteiger charge is -2.24. The summed E-state index contributed by atoms with van der Waals surface area (Å²) in [5, 5.41) is 4.75. The number of rotatable bonds is 5. The van der Waals surface area contributed by atoms with Gasteiger partial charge in [-0.1, -0.05) is 35.9 Å². The van der Waals surface area contributed by atoms with E-state index in [0.29, 0.717) is 11.2 Å². The third-order valence-electron chi connectivity index (χ3n) is 4.86. The van der Waals surface area contributed by atoms with Crippen LogP contribution >= 0.6 is 22.7 Å². The summed E-state index contributed by atoms with van der Waals surface area (Å²) >= 11 is 3.17. The van der Waals surface area contributed by atoms with E-state index in [2.05, 4.69) is 55.0 Å². The number of thiophene rings is 2. The van der Waals surface area contributed by atoms with Gasteiger partial charge in [0, 0.05) is 22.4 Å². The molecule has 0 bridgehead atoms. The lowest BCUT2D eigenvalue weighted by atomic mass is 10.1. The second-order valence-electron chi connectivity index (χ2n) is 6.83. The van der Waals surface area contributed by atoms with Crippen molar-refractivity contribution in [2.45, 2.75) is 26.4 Å². The summed E-state index contributed by atoms with van der Waals surface area (Å²) in [4.78, 5) is 24.7. The summed E-state index contributed by atoms with van der Waals surface area (Å²) in [5.41, 5.74) is 3.42. The normalized spacial score (nSPS) is 12.7. The summed E-state index contributed by atoms with van der Waals surface area (Å²) in [5.74, 6) is 0.710. The zero-order valence-corrected chi connectivity index (χ0v) is 17.2. The van der Waals surface area contributed by atoms with E-state index in [4.69, 9.17) is 4.98 Å². The first-order valence-electron chi connectivity index (χ1n) is 8.84. The Morgan fingerprint density at radius 2 is 1.96 bits per heavy atom. The smallest absolute Gasteiger partial charge is 0.260 e. The van der Waals surface area contributed by atoms with Crippen molar-refractivity contribution in [3.63, 3.8) is 0 Å². The van der Waals surface area contributed by atoms with E-state index >= 15 is 0 Å². The maximum Gasteiger partial charge on any atom is 0.260 e. The van der Waals surface area contributed by atoms with Gasteiger partial charge in [0.05, 0.1) is 11.4 Å². The van der Waals surface area contributed by atoms with E-state index < -0.39 is 0 Å². The number of nitrogens with one attached hydrogen (secondary N) is 1. The van der Waals surface area contributed by atoms with Crippen LogP contribution in [0.15, 0.2) is 52.0 Å². The molecule has 4 rings (SSSR count). The van der Waals surface area contributed by atoms with Crippen LogP contribution in [-0.4, -0.2) is 21.9 Å². The molecular weight excluding hydrogens is 374 g/mol. The third kappa shape index (κ3) is 3.60. The first-order valence-corrected chi connectivity index (χ1v) is 10.6. The summed E-state index contributed by atoms with van der Waals surface area (Å²) < 4.78 is 0. The van der Waals surface area contributed by atoms with Crippen molar-refractivity contribution < 1.29 is 0 Å². The van der Waals surface area contributed by atoms with Gasteiger partial charge < -0.3 is 4.98 Å². The molecule has 1 N–H and O–H groups in total. The molecule has 0 amide bonds. The van der Waals surface area contributed by atoms with Crippen LogP contribution in [0.3, 0.4) is 0 Å². The summed E-state index contributed by atoms with van der Waals surface area (Å²) in [7, 11) is 2.06. The van der Waals surface area contributed by atoms with Gasteiger partial charge in [0.2, 0.25) is 0 Å². The molecule has 0 aliphatic heterocycles. The molecule has 0 saturated carbocycles. The SMILES string of the molecule is Cc1ccc(CN(C)[C@@H](C)c2nc3scc(-c4cccs4)c3c(=O)[nH]2)cc1. The number of benzene rings is 1. The molecule has 0 aliphatic carbocycles.